The zero-order valence-corrected chi connectivity index (χ0v) is 14.2. The molecule has 2 aromatic rings. The number of rotatable bonds is 5. The molecule has 0 saturated carbocycles. The smallest absolute Gasteiger partial charge is 0.329 e. The van der Waals surface area contributed by atoms with E-state index in [4.69, 9.17) is 22.1 Å². The molecule has 1 aliphatic rings. The summed E-state index contributed by atoms with van der Waals surface area (Å²) >= 11 is 6.00. The SMILES string of the molecule is Nc1nc(NCC2(c3ccc(Cl)cc3)CCOCC2)ncc1[N+](=O)[O-]. The van der Waals surface area contributed by atoms with E-state index in [-0.39, 0.29) is 22.9 Å². The van der Waals surface area contributed by atoms with E-state index in [1.165, 1.54) is 0 Å². The van der Waals surface area contributed by atoms with Gasteiger partial charge in [0.15, 0.2) is 0 Å². The van der Waals surface area contributed by atoms with Crippen LogP contribution >= 0.6 is 11.6 Å². The summed E-state index contributed by atoms with van der Waals surface area (Å²) in [5, 5.41) is 14.6. The number of hydrogen-bond acceptors (Lipinski definition) is 7. The average molecular weight is 364 g/mol. The van der Waals surface area contributed by atoms with Gasteiger partial charge in [0.05, 0.1) is 4.92 Å². The minimum absolute atomic E-state index is 0.150. The van der Waals surface area contributed by atoms with Crippen LogP contribution in [0.4, 0.5) is 17.5 Å². The predicted octanol–water partition coefficient (Wildman–Crippen LogP) is 2.78. The van der Waals surface area contributed by atoms with Crippen LogP contribution in [-0.4, -0.2) is 34.6 Å². The van der Waals surface area contributed by atoms with Gasteiger partial charge in [0.1, 0.15) is 6.20 Å². The van der Waals surface area contributed by atoms with E-state index in [2.05, 4.69) is 15.3 Å². The Balaban J connectivity index is 1.81. The number of nitrogens with zero attached hydrogens (tertiary/aromatic N) is 3. The van der Waals surface area contributed by atoms with Crippen LogP contribution in [0.3, 0.4) is 0 Å². The van der Waals surface area contributed by atoms with Crippen molar-refractivity contribution in [1.82, 2.24) is 9.97 Å². The zero-order chi connectivity index (χ0) is 17.9. The number of nitro groups is 1. The summed E-state index contributed by atoms with van der Waals surface area (Å²) < 4.78 is 5.50. The number of nitrogens with two attached hydrogens (primary N) is 1. The van der Waals surface area contributed by atoms with E-state index in [9.17, 15) is 10.1 Å². The van der Waals surface area contributed by atoms with Crippen molar-refractivity contribution in [3.8, 4) is 0 Å². The van der Waals surface area contributed by atoms with E-state index < -0.39 is 4.92 Å². The van der Waals surface area contributed by atoms with Crippen molar-refractivity contribution in [2.45, 2.75) is 18.3 Å². The van der Waals surface area contributed by atoms with Crippen LogP contribution in [0.25, 0.3) is 0 Å². The Morgan fingerprint density at radius 2 is 2.00 bits per heavy atom. The molecular formula is C16H18ClN5O3. The summed E-state index contributed by atoms with van der Waals surface area (Å²) in [6, 6.07) is 7.77. The molecule has 8 nitrogen and oxygen atoms in total. The third kappa shape index (κ3) is 3.80. The zero-order valence-electron chi connectivity index (χ0n) is 13.4. The summed E-state index contributed by atoms with van der Waals surface area (Å²) in [6.07, 6.45) is 2.79. The number of anilines is 2. The number of nitrogens with one attached hydrogen (secondary N) is 1. The summed E-state index contributed by atoms with van der Waals surface area (Å²) in [4.78, 5) is 18.2. The highest BCUT2D eigenvalue weighted by Gasteiger charge is 2.34. The van der Waals surface area contributed by atoms with Crippen LogP contribution in [0.1, 0.15) is 18.4 Å². The maximum Gasteiger partial charge on any atom is 0.329 e. The number of nitrogen functional groups attached to an aromatic ring is 1. The van der Waals surface area contributed by atoms with Gasteiger partial charge in [-0.25, -0.2) is 4.98 Å². The third-order valence-electron chi connectivity index (χ3n) is 4.49. The highest BCUT2D eigenvalue weighted by Crippen LogP contribution is 2.35. The summed E-state index contributed by atoms with van der Waals surface area (Å²) in [7, 11) is 0. The summed E-state index contributed by atoms with van der Waals surface area (Å²) in [5.74, 6) is 0.109. The predicted molar refractivity (Wildman–Crippen MR) is 94.8 cm³/mol. The van der Waals surface area contributed by atoms with E-state index >= 15 is 0 Å². The first-order valence-electron chi connectivity index (χ1n) is 7.85. The van der Waals surface area contributed by atoms with Gasteiger partial charge in [-0.3, -0.25) is 10.1 Å². The fraction of sp³-hybridized carbons (Fsp3) is 0.375. The largest absolute Gasteiger partial charge is 0.381 e. The molecule has 0 amide bonds. The lowest BCUT2D eigenvalue weighted by atomic mass is 9.74. The van der Waals surface area contributed by atoms with Crippen molar-refractivity contribution in [2.24, 2.45) is 0 Å². The van der Waals surface area contributed by atoms with Crippen LogP contribution in [0.15, 0.2) is 30.5 Å². The molecule has 132 valence electrons. The molecule has 0 unspecified atom stereocenters. The van der Waals surface area contributed by atoms with Crippen LogP contribution in [0, 0.1) is 10.1 Å². The van der Waals surface area contributed by atoms with Gasteiger partial charge in [0, 0.05) is 30.2 Å². The maximum absolute atomic E-state index is 10.8. The number of aromatic nitrogens is 2. The lowest BCUT2D eigenvalue weighted by molar-refractivity contribution is -0.384. The van der Waals surface area contributed by atoms with Crippen molar-refractivity contribution >= 4 is 29.1 Å². The Labute approximate surface area is 149 Å². The molecule has 1 saturated heterocycles. The molecule has 1 aliphatic heterocycles. The number of ether oxygens (including phenoxy) is 1. The average Bonchev–Trinajstić information content (AvgIpc) is 2.61. The molecule has 9 heteroatoms. The van der Waals surface area contributed by atoms with Crippen LogP contribution in [0.2, 0.25) is 5.02 Å². The first kappa shape index (κ1) is 17.4. The Morgan fingerprint density at radius 3 is 2.60 bits per heavy atom. The molecule has 0 aliphatic carbocycles. The van der Waals surface area contributed by atoms with Gasteiger partial charge in [0.2, 0.25) is 11.8 Å². The lowest BCUT2D eigenvalue weighted by Crippen LogP contribution is -2.40. The van der Waals surface area contributed by atoms with Crippen LogP contribution in [0.5, 0.6) is 0 Å². The molecule has 1 fully saturated rings. The third-order valence-corrected chi connectivity index (χ3v) is 4.74. The van der Waals surface area contributed by atoms with Crippen LogP contribution < -0.4 is 11.1 Å². The molecule has 0 bridgehead atoms. The summed E-state index contributed by atoms with van der Waals surface area (Å²) in [5.41, 5.74) is 6.33. The van der Waals surface area contributed by atoms with Crippen molar-refractivity contribution in [3.63, 3.8) is 0 Å². The van der Waals surface area contributed by atoms with Gasteiger partial charge in [-0.15, -0.1) is 0 Å². The molecule has 25 heavy (non-hydrogen) atoms. The number of hydrogen-bond donors (Lipinski definition) is 2. The molecule has 0 atom stereocenters. The van der Waals surface area contributed by atoms with Gasteiger partial charge < -0.3 is 15.8 Å². The van der Waals surface area contributed by atoms with E-state index in [1.807, 2.05) is 24.3 Å². The maximum atomic E-state index is 10.8. The van der Waals surface area contributed by atoms with Crippen molar-refractivity contribution in [1.29, 1.82) is 0 Å². The van der Waals surface area contributed by atoms with E-state index in [1.54, 1.807) is 0 Å². The van der Waals surface area contributed by atoms with Gasteiger partial charge in [-0.1, -0.05) is 23.7 Å². The first-order chi connectivity index (χ1) is 12.0. The molecule has 2 heterocycles. The normalized spacial score (nSPS) is 16.4. The fourth-order valence-electron chi connectivity index (χ4n) is 3.00. The van der Waals surface area contributed by atoms with Gasteiger partial charge >= 0.3 is 5.69 Å². The Morgan fingerprint density at radius 1 is 1.32 bits per heavy atom. The molecule has 0 spiro atoms. The molecular weight excluding hydrogens is 346 g/mol. The molecule has 1 aromatic heterocycles. The molecule has 3 N–H and O–H groups in total. The Bertz CT molecular complexity index is 763. The lowest BCUT2D eigenvalue weighted by Gasteiger charge is -2.38. The second-order valence-electron chi connectivity index (χ2n) is 5.97. The quantitative estimate of drug-likeness (QED) is 0.619. The van der Waals surface area contributed by atoms with Gasteiger partial charge in [0.25, 0.3) is 0 Å². The highest BCUT2D eigenvalue weighted by molar-refractivity contribution is 6.30. The number of benzene rings is 1. The summed E-state index contributed by atoms with van der Waals surface area (Å²) in [6.45, 7) is 1.89. The number of halogens is 1. The minimum atomic E-state index is -0.604. The van der Waals surface area contributed by atoms with Gasteiger partial charge in [-0.2, -0.15) is 4.98 Å². The molecule has 3 rings (SSSR count). The van der Waals surface area contributed by atoms with E-state index in [0.29, 0.717) is 24.8 Å². The van der Waals surface area contributed by atoms with Crippen molar-refractivity contribution < 1.29 is 9.66 Å². The standard InChI is InChI=1S/C16H18ClN5O3/c17-12-3-1-11(2-4-12)16(5-7-25-8-6-16)10-20-15-19-9-13(22(23)24)14(18)21-15/h1-4,9H,5-8,10H2,(H3,18,19,20,21). The minimum Gasteiger partial charge on any atom is -0.381 e. The highest BCUT2D eigenvalue weighted by atomic mass is 35.5. The second kappa shape index (κ2) is 7.20. The fourth-order valence-corrected chi connectivity index (χ4v) is 3.12. The monoisotopic (exact) mass is 363 g/mol. The van der Waals surface area contributed by atoms with Crippen LogP contribution in [-0.2, 0) is 10.2 Å². The first-order valence-corrected chi connectivity index (χ1v) is 8.23. The Hall–Kier alpha value is -2.45. The molecule has 1 aromatic carbocycles. The topological polar surface area (TPSA) is 116 Å². The van der Waals surface area contributed by atoms with Crippen molar-refractivity contribution in [3.05, 3.63) is 51.2 Å². The van der Waals surface area contributed by atoms with Crippen molar-refractivity contribution in [2.75, 3.05) is 30.8 Å². The second-order valence-corrected chi connectivity index (χ2v) is 6.41. The Kier molecular flexibility index (Phi) is 5.00. The molecule has 0 radical (unpaired) electrons. The van der Waals surface area contributed by atoms with E-state index in [0.717, 1.165) is 24.6 Å². The van der Waals surface area contributed by atoms with Gasteiger partial charge in [-0.05, 0) is 30.5 Å².